The van der Waals surface area contributed by atoms with Crippen LogP contribution in [0.15, 0.2) is 121 Å². The molecule has 0 radical (unpaired) electrons. The molecule has 0 amide bonds. The number of nitrogens with zero attached hydrogens (tertiary/aromatic N) is 1. The Morgan fingerprint density at radius 1 is 0.310 bits per heavy atom. The lowest BCUT2D eigenvalue weighted by Gasteiger charge is -2.26. The summed E-state index contributed by atoms with van der Waals surface area (Å²) < 4.78 is 0. The second kappa shape index (κ2) is 14.7. The first-order chi connectivity index (χ1) is 20.5. The van der Waals surface area contributed by atoms with Crippen LogP contribution in [-0.2, 0) is 25.7 Å². The number of unbranched alkanes of at least 4 members (excludes halogenated alkanes) is 2. The molecule has 0 unspecified atom stereocenters. The average molecular weight is 552 g/mol. The summed E-state index contributed by atoms with van der Waals surface area (Å²) in [5.41, 5.74) is 13.2. The Hall–Kier alpha value is -4.10. The first-order valence-electron chi connectivity index (χ1n) is 15.7. The summed E-state index contributed by atoms with van der Waals surface area (Å²) in [6, 6.07) is 45.2. The van der Waals surface area contributed by atoms with E-state index in [0.29, 0.717) is 0 Å². The zero-order valence-corrected chi connectivity index (χ0v) is 25.7. The van der Waals surface area contributed by atoms with E-state index in [1.54, 1.807) is 0 Å². The summed E-state index contributed by atoms with van der Waals surface area (Å²) in [4.78, 5) is 2.38. The highest BCUT2D eigenvalue weighted by Gasteiger charge is 2.12. The average Bonchev–Trinajstić information content (AvgIpc) is 3.02. The molecular formula is C41H45N. The Bertz CT molecular complexity index is 1400. The van der Waals surface area contributed by atoms with Gasteiger partial charge in [-0.05, 0) is 131 Å². The molecule has 1 heteroatoms. The van der Waals surface area contributed by atoms with Gasteiger partial charge >= 0.3 is 0 Å². The number of rotatable bonds is 13. The summed E-state index contributed by atoms with van der Waals surface area (Å²) in [7, 11) is 0. The van der Waals surface area contributed by atoms with Crippen LogP contribution in [0.5, 0.6) is 0 Å². The quantitative estimate of drug-likeness (QED) is 0.132. The van der Waals surface area contributed by atoms with Gasteiger partial charge in [0.25, 0.3) is 0 Å². The van der Waals surface area contributed by atoms with Crippen molar-refractivity contribution in [2.24, 2.45) is 0 Å². The van der Waals surface area contributed by atoms with Gasteiger partial charge in [0.15, 0.2) is 0 Å². The molecule has 0 saturated heterocycles. The maximum absolute atomic E-state index is 2.38. The first kappa shape index (κ1) is 29.4. The van der Waals surface area contributed by atoms with E-state index in [1.807, 2.05) is 0 Å². The highest BCUT2D eigenvalue weighted by molar-refractivity contribution is 5.76. The minimum atomic E-state index is 1.12. The maximum atomic E-state index is 2.38. The van der Waals surface area contributed by atoms with Gasteiger partial charge in [0.05, 0.1) is 0 Å². The van der Waals surface area contributed by atoms with Crippen LogP contribution in [0.25, 0.3) is 0 Å². The van der Waals surface area contributed by atoms with Gasteiger partial charge in [0.1, 0.15) is 0 Å². The minimum absolute atomic E-state index is 1.12. The van der Waals surface area contributed by atoms with Crippen LogP contribution in [0.4, 0.5) is 17.1 Å². The maximum Gasteiger partial charge on any atom is 0.0461 e. The normalized spacial score (nSPS) is 11.0. The fourth-order valence-electron chi connectivity index (χ4n) is 5.59. The van der Waals surface area contributed by atoms with E-state index >= 15 is 0 Å². The molecule has 0 saturated carbocycles. The molecule has 5 aromatic rings. The summed E-state index contributed by atoms with van der Waals surface area (Å²) >= 11 is 0. The molecule has 0 fully saturated rings. The number of benzene rings is 5. The molecular weight excluding hydrogens is 506 g/mol. The number of hydrogen-bond donors (Lipinski definition) is 0. The van der Waals surface area contributed by atoms with Crippen molar-refractivity contribution in [1.82, 2.24) is 0 Å². The number of anilines is 3. The fourth-order valence-corrected chi connectivity index (χ4v) is 5.59. The molecule has 0 N–H and O–H groups in total. The Morgan fingerprint density at radius 3 is 0.810 bits per heavy atom. The van der Waals surface area contributed by atoms with E-state index in [9.17, 15) is 0 Å². The fraction of sp³-hybridized carbons (Fsp3) is 0.268. The third-order valence-electron chi connectivity index (χ3n) is 8.28. The van der Waals surface area contributed by atoms with Crippen molar-refractivity contribution in [2.75, 3.05) is 4.90 Å². The molecule has 1 nitrogen and oxygen atoms in total. The van der Waals surface area contributed by atoms with Crippen LogP contribution >= 0.6 is 0 Å². The Balaban J connectivity index is 1.20. The number of hydrogen-bond acceptors (Lipinski definition) is 1. The van der Waals surface area contributed by atoms with Crippen molar-refractivity contribution in [2.45, 2.75) is 72.1 Å². The predicted octanol–water partition coefficient (Wildman–Crippen LogP) is 11.2. The Labute approximate surface area is 253 Å². The lowest BCUT2D eigenvalue weighted by Crippen LogP contribution is -2.10. The molecule has 214 valence electrons. The van der Waals surface area contributed by atoms with Crippen LogP contribution in [0.3, 0.4) is 0 Å². The lowest BCUT2D eigenvalue weighted by molar-refractivity contribution is 0.734. The van der Waals surface area contributed by atoms with Gasteiger partial charge in [0, 0.05) is 17.1 Å². The van der Waals surface area contributed by atoms with Gasteiger partial charge in [-0.2, -0.15) is 0 Å². The molecule has 0 aromatic heterocycles. The highest BCUT2D eigenvalue weighted by atomic mass is 15.1. The van der Waals surface area contributed by atoms with Gasteiger partial charge in [-0.1, -0.05) is 102 Å². The van der Waals surface area contributed by atoms with Crippen molar-refractivity contribution in [3.05, 3.63) is 160 Å². The smallest absolute Gasteiger partial charge is 0.0461 e. The second-order valence-corrected chi connectivity index (χ2v) is 11.9. The van der Waals surface area contributed by atoms with Crippen LogP contribution in [0, 0.1) is 20.8 Å². The van der Waals surface area contributed by atoms with Gasteiger partial charge in [-0.25, -0.2) is 0 Å². The van der Waals surface area contributed by atoms with Crippen molar-refractivity contribution in [3.8, 4) is 0 Å². The molecule has 0 heterocycles. The third-order valence-corrected chi connectivity index (χ3v) is 8.28. The third kappa shape index (κ3) is 8.46. The van der Waals surface area contributed by atoms with Gasteiger partial charge in [-0.15, -0.1) is 0 Å². The standard InChI is InChI=1S/C41H45N/c1-32-12-18-35(19-13-32)8-4-6-10-37-22-28-40(29-23-37)42(39-26-16-34(3)17-27-39)41-30-24-38(25-31-41)11-7-5-9-36-20-14-33(2)15-21-36/h12-31H,4-11H2,1-3H3. The topological polar surface area (TPSA) is 3.24 Å². The molecule has 0 aliphatic rings. The molecule has 0 spiro atoms. The van der Waals surface area contributed by atoms with E-state index in [-0.39, 0.29) is 0 Å². The Morgan fingerprint density at radius 2 is 0.524 bits per heavy atom. The summed E-state index contributed by atoms with van der Waals surface area (Å²) in [5, 5.41) is 0. The van der Waals surface area contributed by atoms with Gasteiger partial charge < -0.3 is 4.90 Å². The van der Waals surface area contributed by atoms with Crippen molar-refractivity contribution >= 4 is 17.1 Å². The summed E-state index contributed by atoms with van der Waals surface area (Å²) in [5.74, 6) is 0. The van der Waals surface area contributed by atoms with Crippen LogP contribution in [0.1, 0.15) is 64.6 Å². The minimum Gasteiger partial charge on any atom is -0.311 e. The van der Waals surface area contributed by atoms with Crippen molar-refractivity contribution < 1.29 is 0 Å². The molecule has 5 rings (SSSR count). The van der Waals surface area contributed by atoms with E-state index in [4.69, 9.17) is 0 Å². The molecule has 0 atom stereocenters. The summed E-state index contributed by atoms with van der Waals surface area (Å²) in [6.45, 7) is 6.45. The molecule has 42 heavy (non-hydrogen) atoms. The van der Waals surface area contributed by atoms with Crippen LogP contribution in [0.2, 0.25) is 0 Å². The van der Waals surface area contributed by atoms with Crippen molar-refractivity contribution in [3.63, 3.8) is 0 Å². The summed E-state index contributed by atoms with van der Waals surface area (Å²) in [6.07, 6.45) is 9.41. The van der Waals surface area contributed by atoms with Crippen molar-refractivity contribution in [1.29, 1.82) is 0 Å². The zero-order chi connectivity index (χ0) is 29.1. The van der Waals surface area contributed by atoms with Crippen LogP contribution < -0.4 is 4.90 Å². The Kier molecular flexibility index (Phi) is 10.3. The lowest BCUT2D eigenvalue weighted by atomic mass is 10.0. The van der Waals surface area contributed by atoms with E-state index < -0.39 is 0 Å². The van der Waals surface area contributed by atoms with Crippen LogP contribution in [-0.4, -0.2) is 0 Å². The zero-order valence-electron chi connectivity index (χ0n) is 25.7. The molecule has 0 bridgehead atoms. The van der Waals surface area contributed by atoms with Gasteiger partial charge in [-0.3, -0.25) is 0 Å². The molecule has 0 aliphatic carbocycles. The molecule has 0 aliphatic heterocycles. The van der Waals surface area contributed by atoms with E-state index in [1.165, 1.54) is 81.7 Å². The molecule has 5 aromatic carbocycles. The van der Waals surface area contributed by atoms with E-state index in [2.05, 4.69) is 147 Å². The first-order valence-corrected chi connectivity index (χ1v) is 15.7. The highest BCUT2D eigenvalue weighted by Crippen LogP contribution is 2.35. The SMILES string of the molecule is Cc1ccc(CCCCc2ccc(N(c3ccc(C)cc3)c3ccc(CCCCc4ccc(C)cc4)cc3)cc2)cc1. The number of aryl methyl sites for hydroxylation is 7. The van der Waals surface area contributed by atoms with Gasteiger partial charge in [0.2, 0.25) is 0 Å². The monoisotopic (exact) mass is 551 g/mol. The second-order valence-electron chi connectivity index (χ2n) is 11.9. The largest absolute Gasteiger partial charge is 0.311 e. The van der Waals surface area contributed by atoms with E-state index in [0.717, 1.165) is 25.7 Å². The predicted molar refractivity (Wildman–Crippen MR) is 182 cm³/mol.